The first-order valence-electron chi connectivity index (χ1n) is 6.32. The Morgan fingerprint density at radius 1 is 1.19 bits per heavy atom. The quantitative estimate of drug-likeness (QED) is 0.640. The monoisotopic (exact) mass is 224 g/mol. The molecule has 0 amide bonds. The Kier molecular flexibility index (Phi) is 2.39. The Morgan fingerprint density at radius 2 is 1.94 bits per heavy atom. The van der Waals surface area contributed by atoms with E-state index in [2.05, 4.69) is 6.58 Å². The van der Waals surface area contributed by atoms with Gasteiger partial charge in [0.15, 0.2) is 5.79 Å². The minimum atomic E-state index is -0.532. The van der Waals surface area contributed by atoms with Crippen molar-refractivity contribution in [1.29, 1.82) is 0 Å². The van der Waals surface area contributed by atoms with Crippen molar-refractivity contribution < 1.29 is 14.6 Å². The van der Waals surface area contributed by atoms with Crippen molar-refractivity contribution >= 4 is 0 Å². The molecule has 1 spiro atoms. The summed E-state index contributed by atoms with van der Waals surface area (Å²) in [6, 6.07) is 0. The Labute approximate surface area is 96.4 Å². The molecule has 0 radical (unpaired) electrons. The molecule has 0 aromatic rings. The Bertz CT molecular complexity index is 306. The van der Waals surface area contributed by atoms with Crippen LogP contribution in [0.5, 0.6) is 0 Å². The summed E-state index contributed by atoms with van der Waals surface area (Å²) < 4.78 is 11.5. The molecule has 3 fully saturated rings. The van der Waals surface area contributed by atoms with Gasteiger partial charge in [-0.2, -0.15) is 0 Å². The third kappa shape index (κ3) is 1.53. The van der Waals surface area contributed by atoms with Crippen molar-refractivity contribution in [3.8, 4) is 0 Å². The van der Waals surface area contributed by atoms with Crippen molar-refractivity contribution in [2.24, 2.45) is 5.92 Å². The van der Waals surface area contributed by atoms with E-state index >= 15 is 0 Å². The lowest BCUT2D eigenvalue weighted by molar-refractivity contribution is -0.220. The molecule has 1 aliphatic heterocycles. The van der Waals surface area contributed by atoms with E-state index in [4.69, 9.17) is 9.47 Å². The molecule has 0 aromatic carbocycles. The normalized spacial score (nSPS) is 42.3. The number of ether oxygens (including phenoxy) is 2. The first-order valence-corrected chi connectivity index (χ1v) is 6.32. The first kappa shape index (κ1) is 10.8. The van der Waals surface area contributed by atoms with Crippen molar-refractivity contribution in [1.82, 2.24) is 0 Å². The lowest BCUT2D eigenvalue weighted by Gasteiger charge is -2.49. The van der Waals surface area contributed by atoms with Gasteiger partial charge in [-0.15, -0.1) is 0 Å². The van der Waals surface area contributed by atoms with E-state index in [1.54, 1.807) is 0 Å². The molecule has 2 aliphatic carbocycles. The molecule has 2 saturated carbocycles. The van der Waals surface area contributed by atoms with Crippen molar-refractivity contribution in [3.05, 3.63) is 12.2 Å². The smallest absolute Gasteiger partial charge is 0.169 e. The van der Waals surface area contributed by atoms with Crippen LogP contribution in [-0.4, -0.2) is 29.7 Å². The Hall–Kier alpha value is -0.380. The average molecular weight is 224 g/mol. The summed E-state index contributed by atoms with van der Waals surface area (Å²) in [5.41, 5.74) is 0.655. The summed E-state index contributed by atoms with van der Waals surface area (Å²) in [7, 11) is 0. The van der Waals surface area contributed by atoms with Crippen molar-refractivity contribution in [2.75, 3.05) is 13.2 Å². The molecular formula is C13H20O3. The highest BCUT2D eigenvalue weighted by molar-refractivity contribution is 5.16. The van der Waals surface area contributed by atoms with Gasteiger partial charge in [-0.1, -0.05) is 12.2 Å². The highest BCUT2D eigenvalue weighted by Gasteiger charge is 2.52. The molecule has 3 aliphatic rings. The lowest BCUT2D eigenvalue weighted by Crippen LogP contribution is -2.52. The minimum absolute atomic E-state index is 0.174. The highest BCUT2D eigenvalue weighted by Crippen LogP contribution is 2.51. The van der Waals surface area contributed by atoms with E-state index in [1.807, 2.05) is 0 Å². The zero-order valence-corrected chi connectivity index (χ0v) is 9.71. The van der Waals surface area contributed by atoms with Gasteiger partial charge < -0.3 is 14.6 Å². The van der Waals surface area contributed by atoms with Crippen LogP contribution in [0.3, 0.4) is 0 Å². The van der Waals surface area contributed by atoms with Gasteiger partial charge in [0.05, 0.1) is 18.8 Å². The van der Waals surface area contributed by atoms with Crippen LogP contribution in [0.25, 0.3) is 0 Å². The van der Waals surface area contributed by atoms with Crippen LogP contribution >= 0.6 is 0 Å². The molecule has 16 heavy (non-hydrogen) atoms. The molecule has 1 saturated heterocycles. The number of hydrogen-bond acceptors (Lipinski definition) is 3. The molecule has 1 N–H and O–H groups in total. The summed E-state index contributed by atoms with van der Waals surface area (Å²) in [5, 5.41) is 10.6. The molecule has 0 unspecified atom stereocenters. The maximum absolute atomic E-state index is 10.6. The van der Waals surface area contributed by atoms with E-state index < -0.39 is 11.4 Å². The van der Waals surface area contributed by atoms with Crippen molar-refractivity contribution in [3.63, 3.8) is 0 Å². The topological polar surface area (TPSA) is 38.7 Å². The standard InChI is InChI=1S/C13H20O3/c1-10-3-2-4-12(14)5-6-13(9-11(10)12)15-7-8-16-13/h11,14H,1-9H2/t11-,12-/m0/s1. The summed E-state index contributed by atoms with van der Waals surface area (Å²) >= 11 is 0. The Morgan fingerprint density at radius 3 is 2.69 bits per heavy atom. The summed E-state index contributed by atoms with van der Waals surface area (Å²) in [6.45, 7) is 5.51. The zero-order valence-electron chi connectivity index (χ0n) is 9.71. The van der Waals surface area contributed by atoms with Gasteiger partial charge in [-0.05, 0) is 25.7 Å². The van der Waals surface area contributed by atoms with Crippen LogP contribution in [0.2, 0.25) is 0 Å². The van der Waals surface area contributed by atoms with E-state index in [1.165, 1.54) is 5.57 Å². The number of hydrogen-bond donors (Lipinski definition) is 1. The molecule has 3 rings (SSSR count). The molecule has 1 heterocycles. The maximum Gasteiger partial charge on any atom is 0.169 e. The van der Waals surface area contributed by atoms with Gasteiger partial charge in [0, 0.05) is 18.8 Å². The van der Waals surface area contributed by atoms with Gasteiger partial charge in [-0.25, -0.2) is 0 Å². The van der Waals surface area contributed by atoms with Crippen LogP contribution in [0.4, 0.5) is 0 Å². The second-order valence-electron chi connectivity index (χ2n) is 5.48. The van der Waals surface area contributed by atoms with E-state index in [0.29, 0.717) is 13.2 Å². The molecule has 90 valence electrons. The SMILES string of the molecule is C=C1CCC[C@]2(O)CCC3(C[C@@H]12)OCCO3. The first-order chi connectivity index (χ1) is 7.64. The van der Waals surface area contributed by atoms with Crippen LogP contribution in [0.15, 0.2) is 12.2 Å². The van der Waals surface area contributed by atoms with Gasteiger partial charge >= 0.3 is 0 Å². The number of fused-ring (bicyclic) bond motifs is 1. The maximum atomic E-state index is 10.6. The highest BCUT2D eigenvalue weighted by atomic mass is 16.7. The minimum Gasteiger partial charge on any atom is -0.389 e. The van der Waals surface area contributed by atoms with E-state index in [9.17, 15) is 5.11 Å². The van der Waals surface area contributed by atoms with Gasteiger partial charge in [0.2, 0.25) is 0 Å². The van der Waals surface area contributed by atoms with E-state index in [0.717, 1.165) is 38.5 Å². The lowest BCUT2D eigenvalue weighted by atomic mass is 9.64. The second kappa shape index (κ2) is 3.56. The van der Waals surface area contributed by atoms with Crippen molar-refractivity contribution in [2.45, 2.75) is 49.9 Å². The predicted molar refractivity (Wildman–Crippen MR) is 59.9 cm³/mol. The summed E-state index contributed by atoms with van der Waals surface area (Å²) in [6.07, 6.45) is 5.43. The van der Waals surface area contributed by atoms with Crippen LogP contribution < -0.4 is 0 Å². The van der Waals surface area contributed by atoms with Gasteiger partial charge in [-0.3, -0.25) is 0 Å². The fourth-order valence-electron chi connectivity index (χ4n) is 3.56. The molecule has 3 heteroatoms. The average Bonchev–Trinajstić information content (AvgIpc) is 2.70. The number of rotatable bonds is 0. The third-order valence-corrected chi connectivity index (χ3v) is 4.52. The van der Waals surface area contributed by atoms with Gasteiger partial charge in [0.25, 0.3) is 0 Å². The van der Waals surface area contributed by atoms with Crippen LogP contribution in [0.1, 0.15) is 38.5 Å². The van der Waals surface area contributed by atoms with Gasteiger partial charge in [0.1, 0.15) is 0 Å². The Balaban J connectivity index is 1.83. The fourth-order valence-corrected chi connectivity index (χ4v) is 3.56. The predicted octanol–water partition coefficient (Wildman–Crippen LogP) is 2.00. The molecule has 3 nitrogen and oxygen atoms in total. The van der Waals surface area contributed by atoms with E-state index in [-0.39, 0.29) is 5.92 Å². The third-order valence-electron chi connectivity index (χ3n) is 4.52. The van der Waals surface area contributed by atoms with Crippen LogP contribution in [0, 0.1) is 5.92 Å². The fraction of sp³-hybridized carbons (Fsp3) is 0.846. The zero-order chi connectivity index (χ0) is 11.2. The van der Waals surface area contributed by atoms with Crippen LogP contribution in [-0.2, 0) is 9.47 Å². The second-order valence-corrected chi connectivity index (χ2v) is 5.48. The number of aliphatic hydroxyl groups is 1. The summed E-state index contributed by atoms with van der Waals surface area (Å²) in [4.78, 5) is 0. The molecule has 0 bridgehead atoms. The molecule has 2 atom stereocenters. The summed E-state index contributed by atoms with van der Waals surface area (Å²) in [5.74, 6) is -0.231. The largest absolute Gasteiger partial charge is 0.389 e. The molecule has 0 aromatic heterocycles. The molecular weight excluding hydrogens is 204 g/mol.